The molecule has 1 atom stereocenters. The van der Waals surface area contributed by atoms with Crippen LogP contribution in [-0.2, 0) is 0 Å². The van der Waals surface area contributed by atoms with Crippen LogP contribution >= 0.6 is 24.8 Å². The predicted molar refractivity (Wildman–Crippen MR) is 148 cm³/mol. The number of ether oxygens (including phenoxy) is 2. The SMILES string of the molecule is COc1ccccc1OCC(O)CNC(C)(C)CN(C)C(c1ccccc1)c1ccccc1.Cl.Cl. The van der Waals surface area contributed by atoms with Gasteiger partial charge in [-0.15, -0.1) is 24.8 Å². The molecule has 2 N–H and O–H groups in total. The smallest absolute Gasteiger partial charge is 0.161 e. The summed E-state index contributed by atoms with van der Waals surface area (Å²) in [5.41, 5.74) is 2.29. The van der Waals surface area contributed by atoms with Crippen molar-refractivity contribution in [3.05, 3.63) is 96.1 Å². The van der Waals surface area contributed by atoms with Gasteiger partial charge in [-0.05, 0) is 44.2 Å². The van der Waals surface area contributed by atoms with E-state index >= 15 is 0 Å². The summed E-state index contributed by atoms with van der Waals surface area (Å²) in [6, 6.07) is 28.7. The molecule has 0 aromatic heterocycles. The first-order valence-electron chi connectivity index (χ1n) is 11.4. The Kier molecular flexibility index (Phi) is 13.2. The van der Waals surface area contributed by atoms with Crippen molar-refractivity contribution in [2.45, 2.75) is 31.5 Å². The average molecular weight is 522 g/mol. The number of benzene rings is 3. The van der Waals surface area contributed by atoms with Gasteiger partial charge in [-0.2, -0.15) is 0 Å². The van der Waals surface area contributed by atoms with Crippen molar-refractivity contribution in [2.75, 3.05) is 33.9 Å². The Bertz CT molecular complexity index is 935. The van der Waals surface area contributed by atoms with Gasteiger partial charge >= 0.3 is 0 Å². The lowest BCUT2D eigenvalue weighted by Gasteiger charge is -2.37. The minimum Gasteiger partial charge on any atom is -0.493 e. The number of aliphatic hydroxyl groups is 1. The van der Waals surface area contributed by atoms with E-state index in [1.807, 2.05) is 36.4 Å². The number of methoxy groups -OCH3 is 1. The lowest BCUT2D eigenvalue weighted by atomic mass is 9.95. The van der Waals surface area contributed by atoms with Gasteiger partial charge in [0.15, 0.2) is 11.5 Å². The molecule has 0 aliphatic rings. The number of nitrogens with zero attached hydrogens (tertiary/aromatic N) is 1. The van der Waals surface area contributed by atoms with E-state index in [0.717, 1.165) is 6.54 Å². The number of likely N-dealkylation sites (N-methyl/N-ethyl adjacent to an activating group) is 1. The molecule has 3 aromatic carbocycles. The van der Waals surface area contributed by atoms with E-state index in [-0.39, 0.29) is 43.0 Å². The van der Waals surface area contributed by atoms with Crippen LogP contribution in [0, 0.1) is 0 Å². The third-order valence-corrected chi connectivity index (χ3v) is 5.63. The molecule has 5 nitrogen and oxygen atoms in total. The Morgan fingerprint density at radius 2 is 1.31 bits per heavy atom. The summed E-state index contributed by atoms with van der Waals surface area (Å²) in [6.45, 7) is 5.73. The Labute approximate surface area is 222 Å². The maximum absolute atomic E-state index is 10.5. The van der Waals surface area contributed by atoms with Gasteiger partial charge in [0.25, 0.3) is 0 Å². The largest absolute Gasteiger partial charge is 0.493 e. The second-order valence-electron chi connectivity index (χ2n) is 9.02. The number of hydrogen-bond acceptors (Lipinski definition) is 5. The molecule has 35 heavy (non-hydrogen) atoms. The number of halogens is 2. The van der Waals surface area contributed by atoms with Crippen molar-refractivity contribution in [1.82, 2.24) is 10.2 Å². The zero-order chi connectivity index (χ0) is 23.7. The molecule has 0 aliphatic heterocycles. The third kappa shape index (κ3) is 9.36. The molecule has 0 spiro atoms. The fourth-order valence-electron chi connectivity index (χ4n) is 4.12. The zero-order valence-corrected chi connectivity index (χ0v) is 22.5. The van der Waals surface area contributed by atoms with Gasteiger partial charge in [0.2, 0.25) is 0 Å². The molecule has 0 radical (unpaired) electrons. The molecule has 0 fully saturated rings. The lowest BCUT2D eigenvalue weighted by Crippen LogP contribution is -2.51. The van der Waals surface area contributed by atoms with Crippen LogP contribution in [0.15, 0.2) is 84.9 Å². The van der Waals surface area contributed by atoms with Crippen LogP contribution in [0.5, 0.6) is 11.5 Å². The molecule has 1 unspecified atom stereocenters. The summed E-state index contributed by atoms with van der Waals surface area (Å²) in [7, 11) is 3.76. The fraction of sp³-hybridized carbons (Fsp3) is 0.357. The Morgan fingerprint density at radius 3 is 1.83 bits per heavy atom. The topological polar surface area (TPSA) is 54.0 Å². The summed E-state index contributed by atoms with van der Waals surface area (Å²) in [4.78, 5) is 2.36. The molecule has 3 aromatic rings. The first kappa shape index (κ1) is 30.8. The number of hydrogen-bond donors (Lipinski definition) is 2. The van der Waals surface area contributed by atoms with Gasteiger partial charge in [0, 0.05) is 18.6 Å². The van der Waals surface area contributed by atoms with Crippen molar-refractivity contribution < 1.29 is 14.6 Å². The van der Waals surface area contributed by atoms with E-state index < -0.39 is 6.10 Å². The first-order valence-corrected chi connectivity index (χ1v) is 11.4. The first-order chi connectivity index (χ1) is 15.9. The minimum absolute atomic E-state index is 0. The van der Waals surface area contributed by atoms with Gasteiger partial charge in [0.1, 0.15) is 12.7 Å². The number of rotatable bonds is 12. The zero-order valence-electron chi connectivity index (χ0n) is 20.9. The maximum Gasteiger partial charge on any atom is 0.161 e. The van der Waals surface area contributed by atoms with Crippen LogP contribution in [0.1, 0.15) is 31.0 Å². The molecule has 192 valence electrons. The summed E-state index contributed by atoms with van der Waals surface area (Å²) in [5, 5.41) is 14.0. The van der Waals surface area contributed by atoms with Crippen molar-refractivity contribution in [2.24, 2.45) is 0 Å². The molecule has 0 saturated heterocycles. The Hall–Kier alpha value is -2.28. The molecule has 3 rings (SSSR count). The van der Waals surface area contributed by atoms with E-state index in [0.29, 0.717) is 18.0 Å². The summed E-state index contributed by atoms with van der Waals surface area (Å²) >= 11 is 0. The van der Waals surface area contributed by atoms with Gasteiger partial charge in [-0.25, -0.2) is 0 Å². The molecular weight excluding hydrogens is 483 g/mol. The second kappa shape index (κ2) is 15.0. The third-order valence-electron chi connectivity index (χ3n) is 5.63. The van der Waals surface area contributed by atoms with Crippen molar-refractivity contribution in [3.8, 4) is 11.5 Å². The number of nitrogens with one attached hydrogen (secondary N) is 1. The van der Waals surface area contributed by atoms with Crippen LogP contribution in [0.25, 0.3) is 0 Å². The standard InChI is InChI=1S/C28H36N2O3.2ClH/c1-28(2,29-19-24(31)20-33-26-18-12-11-17-25(26)32-4)21-30(3)27(22-13-7-5-8-14-22)23-15-9-6-10-16-23;;/h5-18,24,27,29,31H,19-21H2,1-4H3;2*1H. The highest BCUT2D eigenvalue weighted by Gasteiger charge is 2.26. The van der Waals surface area contributed by atoms with Gasteiger partial charge in [-0.3, -0.25) is 4.90 Å². The quantitative estimate of drug-likeness (QED) is 0.336. The van der Waals surface area contributed by atoms with Crippen LogP contribution < -0.4 is 14.8 Å². The summed E-state index contributed by atoms with van der Waals surface area (Å²) in [6.07, 6.45) is -0.640. The summed E-state index contributed by atoms with van der Waals surface area (Å²) in [5.74, 6) is 1.29. The van der Waals surface area contributed by atoms with Gasteiger partial charge in [-0.1, -0.05) is 72.8 Å². The van der Waals surface area contributed by atoms with Gasteiger partial charge < -0.3 is 19.9 Å². The number of aliphatic hydroxyl groups excluding tert-OH is 1. The molecule has 0 heterocycles. The van der Waals surface area contributed by atoms with E-state index in [1.165, 1.54) is 11.1 Å². The van der Waals surface area contributed by atoms with Crippen LogP contribution in [0.4, 0.5) is 0 Å². The van der Waals surface area contributed by atoms with Crippen molar-refractivity contribution in [1.29, 1.82) is 0 Å². The van der Waals surface area contributed by atoms with Crippen molar-refractivity contribution >= 4 is 24.8 Å². The van der Waals surface area contributed by atoms with Crippen LogP contribution in [0.3, 0.4) is 0 Å². The van der Waals surface area contributed by atoms with Gasteiger partial charge in [0.05, 0.1) is 13.2 Å². The Balaban J connectivity index is 0.00000306. The molecule has 0 aliphatic carbocycles. The average Bonchev–Trinajstić information content (AvgIpc) is 2.83. The highest BCUT2D eigenvalue weighted by molar-refractivity contribution is 5.85. The van der Waals surface area contributed by atoms with E-state index in [4.69, 9.17) is 9.47 Å². The van der Waals surface area contributed by atoms with E-state index in [9.17, 15) is 5.11 Å². The normalized spacial score (nSPS) is 12.0. The Morgan fingerprint density at radius 1 is 0.829 bits per heavy atom. The summed E-state index contributed by atoms with van der Waals surface area (Å²) < 4.78 is 11.1. The monoisotopic (exact) mass is 520 g/mol. The van der Waals surface area contributed by atoms with Crippen LogP contribution in [-0.4, -0.2) is 55.5 Å². The fourth-order valence-corrected chi connectivity index (χ4v) is 4.12. The highest BCUT2D eigenvalue weighted by Crippen LogP contribution is 2.29. The number of para-hydroxylation sites is 2. The molecule has 7 heteroatoms. The molecule has 0 saturated carbocycles. The molecule has 0 bridgehead atoms. The van der Waals surface area contributed by atoms with Crippen LogP contribution in [0.2, 0.25) is 0 Å². The van der Waals surface area contributed by atoms with Crippen molar-refractivity contribution in [3.63, 3.8) is 0 Å². The minimum atomic E-state index is -0.640. The molecule has 0 amide bonds. The van der Waals surface area contributed by atoms with E-state index in [1.54, 1.807) is 7.11 Å². The second-order valence-corrected chi connectivity index (χ2v) is 9.02. The predicted octanol–water partition coefficient (Wildman–Crippen LogP) is 5.37. The highest BCUT2D eigenvalue weighted by atomic mass is 35.5. The number of β-amino-alcohol motifs (C(OH)–C–C–N with tert-alkyl or cyclic N) is 1. The molecular formula is C28H38Cl2N2O3. The lowest BCUT2D eigenvalue weighted by molar-refractivity contribution is 0.0922. The maximum atomic E-state index is 10.5. The van der Waals surface area contributed by atoms with E-state index in [2.05, 4.69) is 79.6 Å².